The summed E-state index contributed by atoms with van der Waals surface area (Å²) in [6.45, 7) is 2.29. The third-order valence-corrected chi connectivity index (χ3v) is 3.18. The van der Waals surface area contributed by atoms with E-state index in [2.05, 4.69) is 5.32 Å². The number of rotatable bonds is 8. The number of anilines is 1. The van der Waals surface area contributed by atoms with Crippen molar-refractivity contribution in [1.29, 1.82) is 0 Å². The third kappa shape index (κ3) is 4.55. The standard InChI is InChI=1S/C18H21NO5/c1-4-23-15-7-5-6-8-16(15)24-12-18(20)19-13-9-10-14(21-2)17(11-13)22-3/h5-11H,4,12H2,1-3H3,(H,19,20). The lowest BCUT2D eigenvalue weighted by molar-refractivity contribution is -0.118. The molecule has 0 saturated heterocycles. The van der Waals surface area contributed by atoms with E-state index in [4.69, 9.17) is 18.9 Å². The van der Waals surface area contributed by atoms with Gasteiger partial charge in [-0.1, -0.05) is 12.1 Å². The molecule has 1 amide bonds. The Morgan fingerprint density at radius 3 is 2.21 bits per heavy atom. The van der Waals surface area contributed by atoms with Crippen LogP contribution in [-0.4, -0.2) is 33.3 Å². The van der Waals surface area contributed by atoms with Gasteiger partial charge in [0.15, 0.2) is 29.6 Å². The molecule has 0 unspecified atom stereocenters. The Balaban J connectivity index is 1.97. The summed E-state index contributed by atoms with van der Waals surface area (Å²) in [7, 11) is 3.09. The fourth-order valence-corrected chi connectivity index (χ4v) is 2.10. The van der Waals surface area contributed by atoms with Gasteiger partial charge < -0.3 is 24.3 Å². The first kappa shape index (κ1) is 17.5. The fraction of sp³-hybridized carbons (Fsp3) is 0.278. The van der Waals surface area contributed by atoms with Crippen LogP contribution >= 0.6 is 0 Å². The minimum atomic E-state index is -0.284. The Labute approximate surface area is 141 Å². The molecule has 0 heterocycles. The van der Waals surface area contributed by atoms with Crippen molar-refractivity contribution >= 4 is 11.6 Å². The monoisotopic (exact) mass is 331 g/mol. The number of hydrogen-bond acceptors (Lipinski definition) is 5. The first-order valence-electron chi connectivity index (χ1n) is 7.54. The number of ether oxygens (including phenoxy) is 4. The van der Waals surface area contributed by atoms with Gasteiger partial charge in [-0.2, -0.15) is 0 Å². The molecular formula is C18H21NO5. The maximum atomic E-state index is 12.1. The number of hydrogen-bond donors (Lipinski definition) is 1. The zero-order valence-electron chi connectivity index (χ0n) is 14.0. The van der Waals surface area contributed by atoms with Gasteiger partial charge in [0.2, 0.25) is 0 Å². The highest BCUT2D eigenvalue weighted by Crippen LogP contribution is 2.30. The van der Waals surface area contributed by atoms with Gasteiger partial charge >= 0.3 is 0 Å². The zero-order chi connectivity index (χ0) is 17.4. The molecule has 2 aromatic rings. The highest BCUT2D eigenvalue weighted by molar-refractivity contribution is 5.92. The average molecular weight is 331 g/mol. The second-order valence-corrected chi connectivity index (χ2v) is 4.79. The second kappa shape index (κ2) is 8.67. The molecule has 24 heavy (non-hydrogen) atoms. The molecule has 6 heteroatoms. The Bertz CT molecular complexity index is 687. The third-order valence-electron chi connectivity index (χ3n) is 3.18. The summed E-state index contributed by atoms with van der Waals surface area (Å²) in [6.07, 6.45) is 0. The van der Waals surface area contributed by atoms with Crippen LogP contribution in [0.4, 0.5) is 5.69 Å². The molecule has 0 saturated carbocycles. The molecule has 0 bridgehead atoms. The van der Waals surface area contributed by atoms with E-state index in [0.717, 1.165) is 0 Å². The molecule has 0 radical (unpaired) electrons. The molecule has 1 N–H and O–H groups in total. The summed E-state index contributed by atoms with van der Waals surface area (Å²) in [6, 6.07) is 12.4. The minimum Gasteiger partial charge on any atom is -0.493 e. The molecule has 0 fully saturated rings. The summed E-state index contributed by atoms with van der Waals surface area (Å²) < 4.78 is 21.4. The maximum absolute atomic E-state index is 12.1. The summed E-state index contributed by atoms with van der Waals surface area (Å²) in [5.41, 5.74) is 0.597. The van der Waals surface area contributed by atoms with Crippen molar-refractivity contribution in [2.75, 3.05) is 32.8 Å². The molecule has 0 atom stereocenters. The number of carbonyl (C=O) groups excluding carboxylic acids is 1. The van der Waals surface area contributed by atoms with E-state index in [1.807, 2.05) is 19.1 Å². The molecule has 128 valence electrons. The molecule has 2 rings (SSSR count). The van der Waals surface area contributed by atoms with E-state index < -0.39 is 0 Å². The van der Waals surface area contributed by atoms with Crippen molar-refractivity contribution in [3.05, 3.63) is 42.5 Å². The first-order valence-corrected chi connectivity index (χ1v) is 7.54. The van der Waals surface area contributed by atoms with Crippen molar-refractivity contribution in [3.8, 4) is 23.0 Å². The van der Waals surface area contributed by atoms with Gasteiger partial charge in [0.25, 0.3) is 5.91 Å². The van der Waals surface area contributed by atoms with E-state index in [-0.39, 0.29) is 12.5 Å². The minimum absolute atomic E-state index is 0.127. The van der Waals surface area contributed by atoms with Crippen molar-refractivity contribution in [1.82, 2.24) is 0 Å². The van der Waals surface area contributed by atoms with Gasteiger partial charge in [0, 0.05) is 11.8 Å². The summed E-state index contributed by atoms with van der Waals surface area (Å²) >= 11 is 0. The van der Waals surface area contributed by atoms with Crippen LogP contribution in [-0.2, 0) is 4.79 Å². The molecule has 2 aromatic carbocycles. The van der Waals surface area contributed by atoms with E-state index >= 15 is 0 Å². The van der Waals surface area contributed by atoms with Crippen molar-refractivity contribution in [2.24, 2.45) is 0 Å². The van der Waals surface area contributed by atoms with Crippen LogP contribution in [0.25, 0.3) is 0 Å². The van der Waals surface area contributed by atoms with Gasteiger partial charge in [0.05, 0.1) is 20.8 Å². The number of carbonyl (C=O) groups is 1. The van der Waals surface area contributed by atoms with E-state index in [0.29, 0.717) is 35.3 Å². The Hall–Kier alpha value is -2.89. The lowest BCUT2D eigenvalue weighted by Crippen LogP contribution is -2.20. The largest absolute Gasteiger partial charge is 0.493 e. The molecule has 0 aliphatic heterocycles. The van der Waals surface area contributed by atoms with Crippen LogP contribution in [0.5, 0.6) is 23.0 Å². The van der Waals surface area contributed by atoms with Crippen molar-refractivity contribution in [3.63, 3.8) is 0 Å². The SMILES string of the molecule is CCOc1ccccc1OCC(=O)Nc1ccc(OC)c(OC)c1. The van der Waals surface area contributed by atoms with Gasteiger partial charge in [-0.15, -0.1) is 0 Å². The number of nitrogens with one attached hydrogen (secondary N) is 1. The maximum Gasteiger partial charge on any atom is 0.262 e. The topological polar surface area (TPSA) is 66.0 Å². The summed E-state index contributed by atoms with van der Waals surface area (Å²) in [5.74, 6) is 1.99. The van der Waals surface area contributed by atoms with Gasteiger partial charge in [0.1, 0.15) is 0 Å². The Kier molecular flexibility index (Phi) is 6.31. The van der Waals surface area contributed by atoms with E-state index in [9.17, 15) is 4.79 Å². The van der Waals surface area contributed by atoms with E-state index in [1.54, 1.807) is 37.4 Å². The van der Waals surface area contributed by atoms with Crippen LogP contribution in [0, 0.1) is 0 Å². The molecule has 0 spiro atoms. The quantitative estimate of drug-likeness (QED) is 0.805. The first-order chi connectivity index (χ1) is 11.7. The zero-order valence-corrected chi connectivity index (χ0v) is 14.0. The predicted molar refractivity (Wildman–Crippen MR) is 91.3 cm³/mol. The molecule has 0 aliphatic carbocycles. The highest BCUT2D eigenvalue weighted by atomic mass is 16.5. The van der Waals surface area contributed by atoms with Gasteiger partial charge in [-0.25, -0.2) is 0 Å². The predicted octanol–water partition coefficient (Wildman–Crippen LogP) is 3.12. The summed E-state index contributed by atoms with van der Waals surface area (Å²) in [5, 5.41) is 2.75. The summed E-state index contributed by atoms with van der Waals surface area (Å²) in [4.78, 5) is 12.1. The highest BCUT2D eigenvalue weighted by Gasteiger charge is 2.10. The van der Waals surface area contributed by atoms with Crippen LogP contribution in [0.1, 0.15) is 6.92 Å². The lowest BCUT2D eigenvalue weighted by atomic mass is 10.2. The Morgan fingerprint density at radius 2 is 1.58 bits per heavy atom. The second-order valence-electron chi connectivity index (χ2n) is 4.79. The van der Waals surface area contributed by atoms with Gasteiger partial charge in [-0.05, 0) is 31.2 Å². The normalized spacial score (nSPS) is 9.96. The van der Waals surface area contributed by atoms with Crippen LogP contribution in [0.15, 0.2) is 42.5 Å². The molecule has 0 aliphatic rings. The van der Waals surface area contributed by atoms with Crippen LogP contribution in [0.3, 0.4) is 0 Å². The van der Waals surface area contributed by atoms with Gasteiger partial charge in [-0.3, -0.25) is 4.79 Å². The number of amides is 1. The molecular weight excluding hydrogens is 310 g/mol. The number of methoxy groups -OCH3 is 2. The fourth-order valence-electron chi connectivity index (χ4n) is 2.10. The molecule has 0 aromatic heterocycles. The van der Waals surface area contributed by atoms with Crippen LogP contribution in [0.2, 0.25) is 0 Å². The smallest absolute Gasteiger partial charge is 0.262 e. The van der Waals surface area contributed by atoms with E-state index in [1.165, 1.54) is 7.11 Å². The lowest BCUT2D eigenvalue weighted by Gasteiger charge is -2.12. The number of benzene rings is 2. The molecule has 6 nitrogen and oxygen atoms in total. The van der Waals surface area contributed by atoms with Crippen molar-refractivity contribution in [2.45, 2.75) is 6.92 Å². The Morgan fingerprint density at radius 1 is 0.917 bits per heavy atom. The average Bonchev–Trinajstić information content (AvgIpc) is 2.61. The number of para-hydroxylation sites is 2. The van der Waals surface area contributed by atoms with Crippen molar-refractivity contribution < 1.29 is 23.7 Å². The van der Waals surface area contributed by atoms with Crippen LogP contribution < -0.4 is 24.3 Å².